The lowest BCUT2D eigenvalue weighted by Crippen LogP contribution is -2.55. The number of likely N-dealkylation sites (tertiary alicyclic amines) is 1. The van der Waals surface area contributed by atoms with E-state index in [1.807, 2.05) is 20.8 Å². The van der Waals surface area contributed by atoms with Crippen LogP contribution in [-0.2, 0) is 18.0 Å². The number of allylic oxidation sites excluding steroid dienone is 1. The standard InChI is InChI=1S/C36H46FN8O3PS.C4H10.C2H6/c1-4-27(37)33-29(24(14-38)34(39)50-33)21(3)28-25-18-48-19-26(25)30-31(32(28)49)40-36(44-11-9-42(10-12-44)8-5-13-46)41-35(30)45-22-6-7-23(45)17-43(16-22)15-20(2)47;1-3-4-2;1-2/h4,20,22-23,46-47H,3,5-13,15-19,39,49H2,1-2H3;3-4H2,1-2H3;1-2H3/b27-4+;;. The summed E-state index contributed by atoms with van der Waals surface area (Å²) in [5, 5.41) is 31.7. The van der Waals surface area contributed by atoms with Crippen molar-refractivity contribution in [2.45, 2.75) is 105 Å². The number of nitrogens with zero attached hydrogens (tertiary/aromatic N) is 7. The predicted octanol–water partition coefficient (Wildman–Crippen LogP) is 6.44. The molecule has 3 fully saturated rings. The quantitative estimate of drug-likeness (QED) is 0.185. The molecule has 4 aliphatic heterocycles. The van der Waals surface area contributed by atoms with Gasteiger partial charge in [-0.2, -0.15) is 10.2 Å². The molecule has 0 aliphatic carbocycles. The minimum absolute atomic E-state index is 0.180. The van der Waals surface area contributed by atoms with Crippen molar-refractivity contribution in [3.05, 3.63) is 45.3 Å². The monoisotopic (exact) mass is 808 g/mol. The van der Waals surface area contributed by atoms with Crippen molar-refractivity contribution in [2.24, 2.45) is 0 Å². The van der Waals surface area contributed by atoms with E-state index in [-0.39, 0.29) is 29.3 Å². The Bertz CT molecular complexity index is 1910. The molecule has 0 amide bonds. The number of nitrogen functional groups attached to an aromatic ring is 1. The second-order valence-corrected chi connectivity index (χ2v) is 16.5. The number of unbranched alkanes of at least 4 members (excludes halogenated alkanes) is 1. The summed E-state index contributed by atoms with van der Waals surface area (Å²) in [4.78, 5) is 20.5. The van der Waals surface area contributed by atoms with E-state index in [0.29, 0.717) is 41.7 Å². The number of fused-ring (bicyclic) bond motifs is 5. The smallest absolute Gasteiger partial charge is 0.228 e. The van der Waals surface area contributed by atoms with E-state index in [4.69, 9.17) is 20.4 Å². The number of rotatable bonds is 11. The first-order chi connectivity index (χ1) is 27.1. The summed E-state index contributed by atoms with van der Waals surface area (Å²) in [5.41, 5.74) is 10.9. The van der Waals surface area contributed by atoms with Crippen LogP contribution in [-0.4, -0.2) is 107 Å². The molecule has 14 heteroatoms. The van der Waals surface area contributed by atoms with Gasteiger partial charge in [-0.15, -0.1) is 20.6 Å². The van der Waals surface area contributed by atoms with E-state index >= 15 is 4.39 Å². The number of thiophene rings is 1. The van der Waals surface area contributed by atoms with Gasteiger partial charge < -0.3 is 30.5 Å². The van der Waals surface area contributed by atoms with Crippen LogP contribution in [0.4, 0.5) is 21.2 Å². The highest BCUT2D eigenvalue weighted by molar-refractivity contribution is 7.28. The zero-order chi connectivity index (χ0) is 40.7. The van der Waals surface area contributed by atoms with Gasteiger partial charge in [-0.3, -0.25) is 9.80 Å². The molecule has 7 rings (SSSR count). The first-order valence-electron chi connectivity index (χ1n) is 20.4. The molecular formula is C42H62FN8O3PS. The fourth-order valence-corrected chi connectivity index (χ4v) is 9.91. The van der Waals surface area contributed by atoms with Crippen molar-refractivity contribution in [2.75, 3.05) is 74.5 Å². The highest BCUT2D eigenvalue weighted by Crippen LogP contribution is 2.47. The van der Waals surface area contributed by atoms with E-state index in [1.54, 1.807) is 6.92 Å². The van der Waals surface area contributed by atoms with E-state index in [2.05, 4.69) is 55.3 Å². The normalized spacial score (nSPS) is 20.3. The number of nitriles is 1. The molecule has 1 aromatic carbocycles. The lowest BCUT2D eigenvalue weighted by Gasteiger charge is -2.43. The summed E-state index contributed by atoms with van der Waals surface area (Å²) < 4.78 is 21.5. The third kappa shape index (κ3) is 8.92. The Labute approximate surface area is 339 Å². The van der Waals surface area contributed by atoms with Crippen molar-refractivity contribution < 1.29 is 19.3 Å². The van der Waals surface area contributed by atoms with Gasteiger partial charge in [-0.05, 0) is 55.4 Å². The van der Waals surface area contributed by atoms with Crippen molar-refractivity contribution >= 4 is 65.0 Å². The number of aromatic nitrogens is 2. The molecule has 2 aromatic heterocycles. The topological polar surface area (TPSA) is 138 Å². The number of aliphatic hydroxyl groups is 2. The molecule has 3 aromatic rings. The third-order valence-electron chi connectivity index (χ3n) is 11.1. The second-order valence-electron chi connectivity index (χ2n) is 14.8. The molecule has 4 N–H and O–H groups in total. The first-order valence-corrected chi connectivity index (χ1v) is 21.8. The van der Waals surface area contributed by atoms with Crippen LogP contribution in [0.5, 0.6) is 0 Å². The lowest BCUT2D eigenvalue weighted by molar-refractivity contribution is 0.111. The maximum absolute atomic E-state index is 15.3. The maximum atomic E-state index is 15.3. The van der Waals surface area contributed by atoms with Crippen molar-refractivity contribution in [3.8, 4) is 6.07 Å². The van der Waals surface area contributed by atoms with E-state index in [1.165, 1.54) is 18.9 Å². The molecule has 4 atom stereocenters. The SMILES string of the molecule is C=C(c1c(/C(F)=C\C)sc(N)c1C#N)c1c2c(c3c(N4C5CCC4CN(CC(C)O)C5)nc(N4CCN(CCCO)CC4)nc3c1P)COC2.CC.CCCC. The number of hydrogen-bond donors (Lipinski definition) is 3. The summed E-state index contributed by atoms with van der Waals surface area (Å²) in [6, 6.07) is 2.69. The summed E-state index contributed by atoms with van der Waals surface area (Å²) in [6.45, 7) is 23.6. The maximum Gasteiger partial charge on any atom is 0.228 e. The van der Waals surface area contributed by atoms with E-state index in [0.717, 1.165) is 115 Å². The van der Waals surface area contributed by atoms with Crippen LogP contribution in [0.3, 0.4) is 0 Å². The molecular weight excluding hydrogens is 747 g/mol. The van der Waals surface area contributed by atoms with Gasteiger partial charge in [0.05, 0.1) is 35.3 Å². The summed E-state index contributed by atoms with van der Waals surface area (Å²) in [7, 11) is 2.90. The Morgan fingerprint density at radius 3 is 2.30 bits per heavy atom. The average molecular weight is 809 g/mol. The Balaban J connectivity index is 0.000000941. The zero-order valence-corrected chi connectivity index (χ0v) is 36.2. The summed E-state index contributed by atoms with van der Waals surface area (Å²) in [6.07, 6.45) is 6.46. The van der Waals surface area contributed by atoms with Crippen LogP contribution in [0.2, 0.25) is 0 Å². The molecule has 0 radical (unpaired) electrons. The van der Waals surface area contributed by atoms with Crippen molar-refractivity contribution in [1.82, 2.24) is 19.8 Å². The Morgan fingerprint density at radius 2 is 1.73 bits per heavy atom. The third-order valence-corrected chi connectivity index (χ3v) is 12.7. The lowest BCUT2D eigenvalue weighted by atomic mass is 9.89. The van der Waals surface area contributed by atoms with Gasteiger partial charge in [0.1, 0.15) is 22.7 Å². The van der Waals surface area contributed by atoms with Crippen molar-refractivity contribution in [1.29, 1.82) is 5.26 Å². The average Bonchev–Trinajstić information content (AvgIpc) is 3.90. The second kappa shape index (κ2) is 20.0. The van der Waals surface area contributed by atoms with Crippen LogP contribution >= 0.6 is 20.6 Å². The molecule has 0 saturated carbocycles. The van der Waals surface area contributed by atoms with Crippen LogP contribution in [0, 0.1) is 11.3 Å². The molecule has 0 spiro atoms. The van der Waals surface area contributed by atoms with Crippen LogP contribution in [0.25, 0.3) is 22.3 Å². The Morgan fingerprint density at radius 1 is 1.09 bits per heavy atom. The van der Waals surface area contributed by atoms with E-state index in [9.17, 15) is 15.5 Å². The van der Waals surface area contributed by atoms with Gasteiger partial charge in [0, 0.05) is 87.3 Å². The molecule has 11 nitrogen and oxygen atoms in total. The zero-order valence-electron chi connectivity index (χ0n) is 34.2. The summed E-state index contributed by atoms with van der Waals surface area (Å²) >= 11 is 1.06. The molecule has 6 heterocycles. The van der Waals surface area contributed by atoms with Crippen molar-refractivity contribution in [3.63, 3.8) is 0 Å². The number of nitrogens with two attached hydrogens (primary N) is 1. The van der Waals surface area contributed by atoms with E-state index < -0.39 is 11.9 Å². The Hall–Kier alpha value is -3.21. The van der Waals surface area contributed by atoms with Gasteiger partial charge in [-0.1, -0.05) is 53.2 Å². The largest absolute Gasteiger partial charge is 0.396 e. The fraction of sp³-hybridized carbons (Fsp3) is 0.595. The highest BCUT2D eigenvalue weighted by atomic mass is 32.1. The number of β-amino-alcohol motifs (C(OH)–C–C–N with tert-alkyl or cyclic N) is 1. The number of hydrogen-bond acceptors (Lipinski definition) is 12. The number of benzene rings is 1. The number of aliphatic hydroxyl groups excluding tert-OH is 2. The summed E-state index contributed by atoms with van der Waals surface area (Å²) in [5.74, 6) is 1.13. The molecule has 4 unspecified atom stereocenters. The van der Waals surface area contributed by atoms with Gasteiger partial charge in [-0.25, -0.2) is 9.37 Å². The van der Waals surface area contributed by atoms with Crippen LogP contribution in [0.15, 0.2) is 12.7 Å². The number of halogens is 1. The van der Waals surface area contributed by atoms with Gasteiger partial charge >= 0.3 is 0 Å². The molecule has 3 saturated heterocycles. The first kappa shape index (κ1) is 43.9. The van der Waals surface area contributed by atoms with Gasteiger partial charge in [0.15, 0.2) is 0 Å². The number of ether oxygens (including phenoxy) is 1. The minimum Gasteiger partial charge on any atom is -0.396 e. The van der Waals surface area contributed by atoms with Crippen LogP contribution < -0.4 is 20.8 Å². The predicted molar refractivity (Wildman–Crippen MR) is 233 cm³/mol. The fourth-order valence-electron chi connectivity index (χ4n) is 8.34. The Kier molecular flexibility index (Phi) is 15.7. The van der Waals surface area contributed by atoms with Gasteiger partial charge in [0.2, 0.25) is 5.95 Å². The molecule has 4 aliphatic rings. The number of anilines is 3. The molecule has 306 valence electrons. The number of piperazine rings is 2. The molecule has 2 bridgehead atoms. The van der Waals surface area contributed by atoms with Crippen LogP contribution in [0.1, 0.15) is 106 Å². The minimum atomic E-state index is -0.450. The van der Waals surface area contributed by atoms with Gasteiger partial charge in [0.25, 0.3) is 0 Å². The molecule has 56 heavy (non-hydrogen) atoms. The highest BCUT2D eigenvalue weighted by Gasteiger charge is 2.43.